The van der Waals surface area contributed by atoms with E-state index < -0.39 is 0 Å². The molecule has 0 spiro atoms. The first-order valence-electron chi connectivity index (χ1n) is 10.2. The van der Waals surface area contributed by atoms with E-state index in [9.17, 15) is 4.79 Å². The van der Waals surface area contributed by atoms with Gasteiger partial charge in [-0.05, 0) is 68.6 Å². The predicted octanol–water partition coefficient (Wildman–Crippen LogP) is 4.63. The summed E-state index contributed by atoms with van der Waals surface area (Å²) in [6.07, 6.45) is 10.5. The minimum atomic E-state index is -0.204. The van der Waals surface area contributed by atoms with Gasteiger partial charge in [0.25, 0.3) is 0 Å². The molecule has 0 aliphatic heterocycles. The molecule has 2 aromatic rings. The van der Waals surface area contributed by atoms with Gasteiger partial charge in [0, 0.05) is 28.5 Å². The first-order valence-corrected chi connectivity index (χ1v) is 11.0. The summed E-state index contributed by atoms with van der Waals surface area (Å²) in [7, 11) is 0. The van der Waals surface area contributed by atoms with Gasteiger partial charge in [-0.3, -0.25) is 9.48 Å². The first-order chi connectivity index (χ1) is 13.5. The Morgan fingerprint density at radius 1 is 1.25 bits per heavy atom. The molecule has 28 heavy (non-hydrogen) atoms. The second kappa shape index (κ2) is 6.90. The average molecular weight is 444 g/mol. The molecule has 0 saturated heterocycles. The zero-order chi connectivity index (χ0) is 19.2. The van der Waals surface area contributed by atoms with E-state index in [-0.39, 0.29) is 15.6 Å². The zero-order valence-electron chi connectivity index (χ0n) is 15.9. The van der Waals surface area contributed by atoms with Gasteiger partial charge in [0.1, 0.15) is 12.4 Å². The molecular formula is C22H26BrN3O2. The minimum absolute atomic E-state index is 0.186. The molecule has 6 heteroatoms. The second-order valence-electron chi connectivity index (χ2n) is 8.99. The van der Waals surface area contributed by atoms with Crippen LogP contribution in [0.4, 0.5) is 5.69 Å². The van der Waals surface area contributed by atoms with E-state index in [4.69, 9.17) is 4.74 Å². The predicted molar refractivity (Wildman–Crippen MR) is 112 cm³/mol. The third-order valence-electron chi connectivity index (χ3n) is 6.71. The molecule has 1 amide bonds. The Balaban J connectivity index is 1.24. The lowest BCUT2D eigenvalue weighted by Crippen LogP contribution is -2.57. The molecule has 4 aliphatic rings. The van der Waals surface area contributed by atoms with Gasteiger partial charge in [0.2, 0.25) is 5.91 Å². The normalized spacial score (nSPS) is 33.0. The third kappa shape index (κ3) is 3.47. The Kier molecular flexibility index (Phi) is 4.49. The number of halogens is 1. The Bertz CT molecular complexity index is 852. The monoisotopic (exact) mass is 443 g/mol. The largest absolute Gasteiger partial charge is 0.492 e. The van der Waals surface area contributed by atoms with E-state index >= 15 is 0 Å². The number of anilines is 1. The number of aromatic nitrogens is 2. The topological polar surface area (TPSA) is 56.1 Å². The van der Waals surface area contributed by atoms with Crippen LogP contribution in [0, 0.1) is 17.3 Å². The maximum atomic E-state index is 13.3. The van der Waals surface area contributed by atoms with Gasteiger partial charge in [-0.25, -0.2) is 0 Å². The van der Waals surface area contributed by atoms with Gasteiger partial charge in [0.05, 0.1) is 12.0 Å². The summed E-state index contributed by atoms with van der Waals surface area (Å²) in [6.45, 7) is 1.24. The van der Waals surface area contributed by atoms with E-state index in [1.54, 1.807) is 6.20 Å². The molecule has 1 heterocycles. The molecule has 2 unspecified atom stereocenters. The Labute approximate surface area is 174 Å². The highest BCUT2D eigenvalue weighted by molar-refractivity contribution is 9.10. The molecule has 5 nitrogen and oxygen atoms in total. The van der Waals surface area contributed by atoms with Crippen LogP contribution in [-0.2, 0) is 11.3 Å². The highest BCUT2D eigenvalue weighted by atomic mass is 79.9. The van der Waals surface area contributed by atoms with Crippen molar-refractivity contribution in [1.29, 1.82) is 0 Å². The van der Waals surface area contributed by atoms with Crippen molar-refractivity contribution >= 4 is 27.5 Å². The van der Waals surface area contributed by atoms with Gasteiger partial charge in [0.15, 0.2) is 0 Å². The highest BCUT2D eigenvalue weighted by Crippen LogP contribution is 2.64. The average Bonchev–Trinajstić information content (AvgIpc) is 3.13. The highest BCUT2D eigenvalue weighted by Gasteiger charge is 2.59. The summed E-state index contributed by atoms with van der Waals surface area (Å²) >= 11 is 4.00. The van der Waals surface area contributed by atoms with E-state index in [0.717, 1.165) is 30.7 Å². The number of nitrogens with zero attached hydrogens (tertiary/aromatic N) is 2. The Morgan fingerprint density at radius 3 is 2.79 bits per heavy atom. The van der Waals surface area contributed by atoms with Crippen molar-refractivity contribution in [2.45, 2.75) is 49.4 Å². The quantitative estimate of drug-likeness (QED) is 0.661. The number of carbonyl (C=O) groups excluding carboxylic acids is 1. The molecule has 1 aromatic heterocycles. The van der Waals surface area contributed by atoms with E-state index in [1.165, 1.54) is 19.3 Å². The van der Waals surface area contributed by atoms with Crippen molar-refractivity contribution in [3.63, 3.8) is 0 Å². The fraction of sp³-hybridized carbons (Fsp3) is 0.545. The number of hydrogen-bond donors (Lipinski definition) is 1. The molecule has 4 bridgehead atoms. The summed E-state index contributed by atoms with van der Waals surface area (Å²) in [6, 6.07) is 9.63. The summed E-state index contributed by atoms with van der Waals surface area (Å²) < 4.78 is 7.88. The van der Waals surface area contributed by atoms with Crippen LogP contribution in [0.1, 0.15) is 38.5 Å². The van der Waals surface area contributed by atoms with Gasteiger partial charge in [-0.15, -0.1) is 0 Å². The van der Waals surface area contributed by atoms with Crippen LogP contribution in [0.15, 0.2) is 42.7 Å². The standard InChI is InChI=1S/C22H26BrN3O2/c23-22-13-16-9-17(14-22)12-21(11-16,15-22)20(27)25-18-3-1-4-19(10-18)28-8-7-26-6-2-5-24-26/h1-6,10,16-17H,7-9,11-15H2,(H,25,27). The number of amides is 1. The summed E-state index contributed by atoms with van der Waals surface area (Å²) in [5.41, 5.74) is 0.616. The van der Waals surface area contributed by atoms with Crippen LogP contribution < -0.4 is 10.1 Å². The van der Waals surface area contributed by atoms with E-state index in [2.05, 4.69) is 26.3 Å². The lowest BCUT2D eigenvalue weighted by atomic mass is 9.49. The number of nitrogens with one attached hydrogen (secondary N) is 1. The third-order valence-corrected chi connectivity index (χ3v) is 7.64. The van der Waals surface area contributed by atoms with Crippen LogP contribution in [0.3, 0.4) is 0 Å². The molecule has 6 rings (SSSR count). The molecule has 1 N–H and O–H groups in total. The maximum absolute atomic E-state index is 13.3. The molecule has 4 saturated carbocycles. The first kappa shape index (κ1) is 18.2. The van der Waals surface area contributed by atoms with Gasteiger partial charge >= 0.3 is 0 Å². The molecule has 4 aliphatic carbocycles. The van der Waals surface area contributed by atoms with Gasteiger partial charge in [-0.2, -0.15) is 5.10 Å². The van der Waals surface area contributed by atoms with Crippen molar-refractivity contribution in [1.82, 2.24) is 9.78 Å². The molecule has 4 fully saturated rings. The maximum Gasteiger partial charge on any atom is 0.230 e. The summed E-state index contributed by atoms with van der Waals surface area (Å²) in [4.78, 5) is 13.3. The molecule has 148 valence electrons. The van der Waals surface area contributed by atoms with Crippen LogP contribution in [-0.4, -0.2) is 26.6 Å². The van der Waals surface area contributed by atoms with Crippen molar-refractivity contribution in [2.24, 2.45) is 17.3 Å². The van der Waals surface area contributed by atoms with Gasteiger partial charge in [-0.1, -0.05) is 22.0 Å². The van der Waals surface area contributed by atoms with Crippen LogP contribution in [0.5, 0.6) is 5.75 Å². The molecule has 2 atom stereocenters. The number of hydrogen-bond acceptors (Lipinski definition) is 3. The van der Waals surface area contributed by atoms with Crippen molar-refractivity contribution in [2.75, 3.05) is 11.9 Å². The van der Waals surface area contributed by atoms with E-state index in [0.29, 0.717) is 25.0 Å². The number of ether oxygens (including phenoxy) is 1. The van der Waals surface area contributed by atoms with Gasteiger partial charge < -0.3 is 10.1 Å². The molecular weight excluding hydrogens is 418 g/mol. The molecule has 1 aromatic carbocycles. The summed E-state index contributed by atoms with van der Waals surface area (Å²) in [5, 5.41) is 7.38. The second-order valence-corrected chi connectivity index (χ2v) is 10.7. The van der Waals surface area contributed by atoms with Crippen molar-refractivity contribution in [3.8, 4) is 5.75 Å². The van der Waals surface area contributed by atoms with Crippen molar-refractivity contribution < 1.29 is 9.53 Å². The lowest BCUT2D eigenvalue weighted by Gasteiger charge is -2.59. The number of benzene rings is 1. The van der Waals surface area contributed by atoms with Crippen LogP contribution in [0.25, 0.3) is 0 Å². The van der Waals surface area contributed by atoms with Crippen LogP contribution >= 0.6 is 15.9 Å². The van der Waals surface area contributed by atoms with Crippen molar-refractivity contribution in [3.05, 3.63) is 42.7 Å². The Hall–Kier alpha value is -1.82. The number of alkyl halides is 1. The summed E-state index contributed by atoms with van der Waals surface area (Å²) in [5.74, 6) is 2.36. The minimum Gasteiger partial charge on any atom is -0.492 e. The van der Waals surface area contributed by atoms with Crippen LogP contribution in [0.2, 0.25) is 0 Å². The number of carbonyl (C=O) groups is 1. The smallest absolute Gasteiger partial charge is 0.230 e. The molecule has 0 radical (unpaired) electrons. The fourth-order valence-corrected chi connectivity index (χ4v) is 7.49. The lowest BCUT2D eigenvalue weighted by molar-refractivity contribution is -0.138. The SMILES string of the molecule is O=C(Nc1cccc(OCCn2cccn2)c1)C12CC3CC(CC(Br)(C3)C1)C2. The zero-order valence-corrected chi connectivity index (χ0v) is 17.5. The van der Waals surface area contributed by atoms with E-state index in [1.807, 2.05) is 41.2 Å². The Morgan fingerprint density at radius 2 is 2.07 bits per heavy atom. The number of rotatable bonds is 6. The fourth-order valence-electron chi connectivity index (χ4n) is 6.03.